The molecule has 1 heterocycles. The smallest absolute Gasteiger partial charge is 0.143 e. The highest BCUT2D eigenvalue weighted by molar-refractivity contribution is 5.60. The monoisotopic (exact) mass is 248 g/mol. The fourth-order valence-electron chi connectivity index (χ4n) is 2.34. The number of hydrogen-bond acceptors (Lipinski definition) is 3. The molecule has 0 spiro atoms. The van der Waals surface area contributed by atoms with Gasteiger partial charge in [0.05, 0.1) is 24.4 Å². The zero-order chi connectivity index (χ0) is 13.1. The van der Waals surface area contributed by atoms with E-state index in [9.17, 15) is 4.39 Å². The average Bonchev–Trinajstić information content (AvgIpc) is 2.38. The highest BCUT2D eigenvalue weighted by Gasteiger charge is 2.28. The van der Waals surface area contributed by atoms with E-state index in [1.54, 1.807) is 6.07 Å². The Labute approximate surface area is 107 Å². The van der Waals surface area contributed by atoms with Crippen molar-refractivity contribution in [3.05, 3.63) is 29.6 Å². The van der Waals surface area contributed by atoms with Crippen molar-refractivity contribution >= 4 is 5.69 Å². The maximum Gasteiger partial charge on any atom is 0.143 e. The predicted molar refractivity (Wildman–Crippen MR) is 68.0 cm³/mol. The quantitative estimate of drug-likeness (QED) is 0.807. The lowest BCUT2D eigenvalue weighted by molar-refractivity contribution is 0.0299. The Kier molecular flexibility index (Phi) is 3.83. The topological polar surface area (TPSA) is 36.3 Å². The highest BCUT2D eigenvalue weighted by Crippen LogP contribution is 2.28. The molecule has 1 fully saturated rings. The largest absolute Gasteiger partial charge is 0.375 e. The first-order valence-electron chi connectivity index (χ1n) is 6.24. The second kappa shape index (κ2) is 5.36. The van der Waals surface area contributed by atoms with Crippen molar-refractivity contribution in [3.8, 4) is 6.07 Å². The maximum absolute atomic E-state index is 13.7. The first-order valence-corrected chi connectivity index (χ1v) is 6.24. The molecule has 1 saturated heterocycles. The van der Waals surface area contributed by atoms with Crippen LogP contribution in [0.15, 0.2) is 18.2 Å². The van der Waals surface area contributed by atoms with Gasteiger partial charge in [0.25, 0.3) is 0 Å². The average molecular weight is 248 g/mol. The molecule has 0 aliphatic carbocycles. The van der Waals surface area contributed by atoms with Gasteiger partial charge in [-0.1, -0.05) is 13.0 Å². The van der Waals surface area contributed by atoms with Gasteiger partial charge in [0.15, 0.2) is 0 Å². The summed E-state index contributed by atoms with van der Waals surface area (Å²) < 4.78 is 19.3. The lowest BCUT2D eigenvalue weighted by Crippen LogP contribution is -2.49. The molecule has 1 aliphatic heterocycles. The van der Waals surface area contributed by atoms with Gasteiger partial charge in [-0.3, -0.25) is 0 Å². The molecule has 2 unspecified atom stereocenters. The van der Waals surface area contributed by atoms with E-state index in [4.69, 9.17) is 10.00 Å². The van der Waals surface area contributed by atoms with Crippen LogP contribution in [0.5, 0.6) is 0 Å². The van der Waals surface area contributed by atoms with E-state index < -0.39 is 5.82 Å². The minimum absolute atomic E-state index is 0.0996. The molecular formula is C14H17FN2O. The van der Waals surface area contributed by atoms with Gasteiger partial charge in [0.1, 0.15) is 17.4 Å². The van der Waals surface area contributed by atoms with Crippen molar-refractivity contribution in [1.29, 1.82) is 5.26 Å². The summed E-state index contributed by atoms with van der Waals surface area (Å²) in [5.74, 6) is -0.455. The Morgan fingerprint density at radius 1 is 1.56 bits per heavy atom. The minimum atomic E-state index is -0.455. The number of nitriles is 1. The number of morpholine rings is 1. The number of benzene rings is 1. The molecule has 2 atom stereocenters. The normalized spacial score (nSPS) is 23.8. The number of rotatable bonds is 2. The Bertz CT molecular complexity index is 469. The number of anilines is 1. The van der Waals surface area contributed by atoms with Crippen LogP contribution in [-0.2, 0) is 4.74 Å². The van der Waals surface area contributed by atoms with Gasteiger partial charge in [-0.05, 0) is 25.5 Å². The fraction of sp³-hybridized carbons (Fsp3) is 0.500. The van der Waals surface area contributed by atoms with Gasteiger partial charge in [-0.15, -0.1) is 0 Å². The number of hydrogen-bond donors (Lipinski definition) is 0. The SMILES string of the molecule is CCC1COC(C)CN1c1cccc(F)c1C#N. The third-order valence-corrected chi connectivity index (χ3v) is 3.35. The zero-order valence-corrected chi connectivity index (χ0v) is 10.7. The van der Waals surface area contributed by atoms with Crippen molar-refractivity contribution in [2.45, 2.75) is 32.4 Å². The summed E-state index contributed by atoms with van der Waals surface area (Å²) in [6, 6.07) is 6.95. The number of ether oxygens (including phenoxy) is 1. The Hall–Kier alpha value is -1.60. The second-order valence-electron chi connectivity index (χ2n) is 4.60. The summed E-state index contributed by atoms with van der Waals surface area (Å²) in [5.41, 5.74) is 0.810. The molecule has 0 amide bonds. The molecule has 2 rings (SSSR count). The van der Waals surface area contributed by atoms with Crippen LogP contribution < -0.4 is 4.90 Å². The van der Waals surface area contributed by atoms with E-state index in [0.29, 0.717) is 18.8 Å². The molecule has 18 heavy (non-hydrogen) atoms. The van der Waals surface area contributed by atoms with Crippen LogP contribution in [0.2, 0.25) is 0 Å². The van der Waals surface area contributed by atoms with Crippen LogP contribution in [0.1, 0.15) is 25.8 Å². The summed E-state index contributed by atoms with van der Waals surface area (Å²) in [7, 11) is 0. The minimum Gasteiger partial charge on any atom is -0.375 e. The first-order chi connectivity index (χ1) is 8.67. The summed E-state index contributed by atoms with van der Waals surface area (Å²) in [5, 5.41) is 9.11. The van der Waals surface area contributed by atoms with E-state index >= 15 is 0 Å². The second-order valence-corrected chi connectivity index (χ2v) is 4.60. The zero-order valence-electron chi connectivity index (χ0n) is 10.7. The van der Waals surface area contributed by atoms with Crippen LogP contribution in [0, 0.1) is 17.1 Å². The summed E-state index contributed by atoms with van der Waals surface area (Å²) in [4.78, 5) is 2.09. The molecule has 3 nitrogen and oxygen atoms in total. The summed E-state index contributed by atoms with van der Waals surface area (Å²) >= 11 is 0. The van der Waals surface area contributed by atoms with E-state index in [-0.39, 0.29) is 17.7 Å². The fourth-order valence-corrected chi connectivity index (χ4v) is 2.34. The Morgan fingerprint density at radius 3 is 3.00 bits per heavy atom. The molecular weight excluding hydrogens is 231 g/mol. The van der Waals surface area contributed by atoms with E-state index in [1.807, 2.05) is 19.1 Å². The van der Waals surface area contributed by atoms with Gasteiger partial charge in [-0.25, -0.2) is 4.39 Å². The number of halogens is 1. The Balaban J connectivity index is 2.40. The molecule has 0 N–H and O–H groups in total. The molecule has 1 aliphatic rings. The van der Waals surface area contributed by atoms with Gasteiger partial charge < -0.3 is 9.64 Å². The molecule has 0 radical (unpaired) electrons. The van der Waals surface area contributed by atoms with Crippen molar-refractivity contribution in [2.75, 3.05) is 18.1 Å². The predicted octanol–water partition coefficient (Wildman–Crippen LogP) is 2.70. The molecule has 0 bridgehead atoms. The van der Waals surface area contributed by atoms with Gasteiger partial charge in [0, 0.05) is 6.54 Å². The summed E-state index contributed by atoms with van der Waals surface area (Å²) in [6.45, 7) is 5.38. The highest BCUT2D eigenvalue weighted by atomic mass is 19.1. The molecule has 0 saturated carbocycles. The van der Waals surface area contributed by atoms with Crippen molar-refractivity contribution in [2.24, 2.45) is 0 Å². The third-order valence-electron chi connectivity index (χ3n) is 3.35. The van der Waals surface area contributed by atoms with Crippen molar-refractivity contribution < 1.29 is 9.13 Å². The Morgan fingerprint density at radius 2 is 2.33 bits per heavy atom. The maximum atomic E-state index is 13.7. The van der Waals surface area contributed by atoms with Gasteiger partial charge in [0.2, 0.25) is 0 Å². The van der Waals surface area contributed by atoms with E-state index in [1.165, 1.54) is 6.07 Å². The molecule has 1 aromatic rings. The van der Waals surface area contributed by atoms with Crippen LogP contribution in [0.25, 0.3) is 0 Å². The van der Waals surface area contributed by atoms with Crippen molar-refractivity contribution in [3.63, 3.8) is 0 Å². The lowest BCUT2D eigenvalue weighted by Gasteiger charge is -2.40. The van der Waals surface area contributed by atoms with Crippen LogP contribution >= 0.6 is 0 Å². The molecule has 4 heteroatoms. The lowest BCUT2D eigenvalue weighted by atomic mass is 10.1. The summed E-state index contributed by atoms with van der Waals surface area (Å²) in [6.07, 6.45) is 1.01. The number of nitrogens with zero attached hydrogens (tertiary/aromatic N) is 2. The molecule has 1 aromatic carbocycles. The van der Waals surface area contributed by atoms with Gasteiger partial charge in [-0.2, -0.15) is 5.26 Å². The van der Waals surface area contributed by atoms with E-state index in [0.717, 1.165) is 6.42 Å². The van der Waals surface area contributed by atoms with Crippen LogP contribution in [0.3, 0.4) is 0 Å². The van der Waals surface area contributed by atoms with Crippen LogP contribution in [0.4, 0.5) is 10.1 Å². The van der Waals surface area contributed by atoms with Crippen LogP contribution in [-0.4, -0.2) is 25.3 Å². The van der Waals surface area contributed by atoms with Crippen molar-refractivity contribution in [1.82, 2.24) is 0 Å². The van der Waals surface area contributed by atoms with Gasteiger partial charge >= 0.3 is 0 Å². The van der Waals surface area contributed by atoms with E-state index in [2.05, 4.69) is 11.8 Å². The standard InChI is InChI=1S/C14H17FN2O/c1-3-11-9-18-10(2)8-17(11)14-6-4-5-13(15)12(14)7-16/h4-6,10-11H,3,8-9H2,1-2H3. The molecule has 96 valence electrons. The first kappa shape index (κ1) is 12.8. The third kappa shape index (κ3) is 2.32. The molecule has 0 aromatic heterocycles.